The third kappa shape index (κ3) is 3.02. The lowest BCUT2D eigenvalue weighted by Gasteiger charge is -2.10. The van der Waals surface area contributed by atoms with E-state index >= 15 is 0 Å². The molecule has 0 bridgehead atoms. The highest BCUT2D eigenvalue weighted by molar-refractivity contribution is 6.03. The van der Waals surface area contributed by atoms with Gasteiger partial charge in [0.15, 0.2) is 0 Å². The van der Waals surface area contributed by atoms with E-state index in [4.69, 9.17) is 4.74 Å². The quantitative estimate of drug-likeness (QED) is 0.671. The van der Waals surface area contributed by atoms with Crippen LogP contribution in [0.1, 0.15) is 18.4 Å². The van der Waals surface area contributed by atoms with Crippen molar-refractivity contribution in [3.8, 4) is 6.07 Å². The van der Waals surface area contributed by atoms with Crippen LogP contribution >= 0.6 is 0 Å². The maximum atomic E-state index is 12.1. The molecule has 0 unspecified atom stereocenters. The van der Waals surface area contributed by atoms with E-state index in [1.807, 2.05) is 30.3 Å². The Morgan fingerprint density at radius 3 is 3.14 bits per heavy atom. The summed E-state index contributed by atoms with van der Waals surface area (Å²) in [5.74, 6) is -0.358. The van der Waals surface area contributed by atoms with Crippen molar-refractivity contribution < 1.29 is 9.53 Å². The minimum absolute atomic E-state index is 0.0666. The summed E-state index contributed by atoms with van der Waals surface area (Å²) >= 11 is 0. The van der Waals surface area contributed by atoms with E-state index in [1.54, 1.807) is 12.3 Å². The van der Waals surface area contributed by atoms with Crippen molar-refractivity contribution in [1.29, 1.82) is 5.26 Å². The SMILES string of the molecule is N#C/C(=C\c1c[nH]c2ccccc12)C(=O)NC[C@@H]1CCCO1. The van der Waals surface area contributed by atoms with E-state index in [1.165, 1.54) is 0 Å². The van der Waals surface area contributed by atoms with Gasteiger partial charge >= 0.3 is 0 Å². The molecule has 1 aliphatic heterocycles. The first-order valence-corrected chi connectivity index (χ1v) is 7.35. The summed E-state index contributed by atoms with van der Waals surface area (Å²) < 4.78 is 5.46. The van der Waals surface area contributed by atoms with Crippen molar-refractivity contribution in [2.45, 2.75) is 18.9 Å². The molecule has 3 rings (SSSR count). The molecule has 2 heterocycles. The Bertz CT molecular complexity index is 749. The number of carbonyl (C=O) groups excluding carboxylic acids is 1. The summed E-state index contributed by atoms with van der Waals surface area (Å²) in [6.45, 7) is 1.20. The van der Waals surface area contributed by atoms with Gasteiger partial charge in [0, 0.05) is 35.8 Å². The van der Waals surface area contributed by atoms with Crippen molar-refractivity contribution in [2.24, 2.45) is 0 Å². The van der Waals surface area contributed by atoms with Gasteiger partial charge < -0.3 is 15.0 Å². The second-order valence-corrected chi connectivity index (χ2v) is 5.30. The van der Waals surface area contributed by atoms with Crippen molar-refractivity contribution in [3.05, 3.63) is 41.6 Å². The Morgan fingerprint density at radius 2 is 2.36 bits per heavy atom. The van der Waals surface area contributed by atoms with E-state index in [-0.39, 0.29) is 17.6 Å². The fraction of sp³-hybridized carbons (Fsp3) is 0.294. The summed E-state index contributed by atoms with van der Waals surface area (Å²) in [6.07, 6.45) is 5.46. The lowest BCUT2D eigenvalue weighted by Crippen LogP contribution is -2.32. The Hall–Kier alpha value is -2.58. The van der Waals surface area contributed by atoms with Gasteiger partial charge in [-0.05, 0) is 25.0 Å². The fourth-order valence-corrected chi connectivity index (χ4v) is 2.62. The molecule has 1 fully saturated rings. The number of nitrogens with one attached hydrogen (secondary N) is 2. The van der Waals surface area contributed by atoms with Crippen LogP contribution in [0.15, 0.2) is 36.0 Å². The number of nitriles is 1. The van der Waals surface area contributed by atoms with Gasteiger partial charge in [-0.1, -0.05) is 18.2 Å². The number of H-pyrrole nitrogens is 1. The maximum Gasteiger partial charge on any atom is 0.262 e. The van der Waals surface area contributed by atoms with Gasteiger partial charge in [0.05, 0.1) is 6.10 Å². The van der Waals surface area contributed by atoms with Gasteiger partial charge in [-0.25, -0.2) is 0 Å². The Kier molecular flexibility index (Phi) is 4.22. The van der Waals surface area contributed by atoms with Crippen LogP contribution < -0.4 is 5.32 Å². The maximum absolute atomic E-state index is 12.1. The highest BCUT2D eigenvalue weighted by atomic mass is 16.5. The zero-order chi connectivity index (χ0) is 15.4. The predicted molar refractivity (Wildman–Crippen MR) is 83.9 cm³/mol. The molecule has 5 heteroatoms. The summed E-state index contributed by atoms with van der Waals surface area (Å²) in [4.78, 5) is 15.3. The van der Waals surface area contributed by atoms with Crippen LogP contribution in [0.3, 0.4) is 0 Å². The molecule has 0 radical (unpaired) electrons. The molecule has 0 aliphatic carbocycles. The highest BCUT2D eigenvalue weighted by Crippen LogP contribution is 2.20. The number of aromatic amines is 1. The Balaban J connectivity index is 1.75. The molecule has 22 heavy (non-hydrogen) atoms. The first-order valence-electron chi connectivity index (χ1n) is 7.35. The lowest BCUT2D eigenvalue weighted by atomic mass is 10.1. The molecule has 112 valence electrons. The van der Waals surface area contributed by atoms with E-state index in [0.29, 0.717) is 6.54 Å². The summed E-state index contributed by atoms with van der Waals surface area (Å²) in [7, 11) is 0. The number of hydrogen-bond acceptors (Lipinski definition) is 3. The molecule has 1 aromatic carbocycles. The minimum Gasteiger partial charge on any atom is -0.376 e. The van der Waals surface area contributed by atoms with Crippen LogP contribution in [0, 0.1) is 11.3 Å². The number of carbonyl (C=O) groups is 1. The predicted octanol–water partition coefficient (Wildman–Crippen LogP) is 2.37. The van der Waals surface area contributed by atoms with Crippen LogP contribution in [-0.2, 0) is 9.53 Å². The third-order valence-electron chi connectivity index (χ3n) is 3.80. The first kappa shape index (κ1) is 14.4. The van der Waals surface area contributed by atoms with E-state index in [9.17, 15) is 10.1 Å². The summed E-state index contributed by atoms with van der Waals surface area (Å²) in [5.41, 5.74) is 1.91. The third-order valence-corrected chi connectivity index (χ3v) is 3.80. The average molecular weight is 295 g/mol. The number of ether oxygens (including phenoxy) is 1. The number of fused-ring (bicyclic) bond motifs is 1. The molecule has 1 atom stereocenters. The normalized spacial score (nSPS) is 18.3. The van der Waals surface area contributed by atoms with Crippen molar-refractivity contribution >= 4 is 22.9 Å². The number of amides is 1. The van der Waals surface area contributed by atoms with Gasteiger partial charge in [-0.2, -0.15) is 5.26 Å². The number of para-hydroxylation sites is 1. The number of rotatable bonds is 4. The molecule has 5 nitrogen and oxygen atoms in total. The van der Waals surface area contributed by atoms with Crippen LogP contribution in [0.25, 0.3) is 17.0 Å². The van der Waals surface area contributed by atoms with Crippen molar-refractivity contribution in [1.82, 2.24) is 10.3 Å². The van der Waals surface area contributed by atoms with Crippen LogP contribution in [0.2, 0.25) is 0 Å². The molecule has 1 saturated heterocycles. The lowest BCUT2D eigenvalue weighted by molar-refractivity contribution is -0.117. The first-order chi connectivity index (χ1) is 10.8. The van der Waals surface area contributed by atoms with Gasteiger partial charge in [0.25, 0.3) is 5.91 Å². The topological polar surface area (TPSA) is 77.9 Å². The molecule has 1 aromatic heterocycles. The van der Waals surface area contributed by atoms with Gasteiger partial charge in [-0.15, -0.1) is 0 Å². The molecule has 1 amide bonds. The molecule has 1 aliphatic rings. The minimum atomic E-state index is -0.358. The second kappa shape index (κ2) is 6.46. The zero-order valence-corrected chi connectivity index (χ0v) is 12.1. The largest absolute Gasteiger partial charge is 0.376 e. The zero-order valence-electron chi connectivity index (χ0n) is 12.1. The van der Waals surface area contributed by atoms with Crippen LogP contribution in [-0.4, -0.2) is 30.1 Å². The van der Waals surface area contributed by atoms with Crippen LogP contribution in [0.4, 0.5) is 0 Å². The van der Waals surface area contributed by atoms with Gasteiger partial charge in [-0.3, -0.25) is 4.79 Å². The number of hydrogen-bond donors (Lipinski definition) is 2. The average Bonchev–Trinajstić information content (AvgIpc) is 3.20. The monoisotopic (exact) mass is 295 g/mol. The van der Waals surface area contributed by atoms with E-state index < -0.39 is 0 Å². The molecular formula is C17H17N3O2. The Morgan fingerprint density at radius 1 is 1.50 bits per heavy atom. The molecule has 2 N–H and O–H groups in total. The summed E-state index contributed by atoms with van der Waals surface area (Å²) in [5, 5.41) is 13.0. The standard InChI is InChI=1S/C17H17N3O2/c18-9-12(17(21)20-11-14-4-3-7-22-14)8-13-10-19-16-6-2-1-5-15(13)16/h1-2,5-6,8,10,14,19H,3-4,7,11H2,(H,20,21)/b12-8+/t14-/m0/s1. The molecule has 0 saturated carbocycles. The molecule has 0 spiro atoms. The highest BCUT2D eigenvalue weighted by Gasteiger charge is 2.17. The number of aromatic nitrogens is 1. The van der Waals surface area contributed by atoms with Crippen LogP contribution in [0.5, 0.6) is 0 Å². The molecular weight excluding hydrogens is 278 g/mol. The fourth-order valence-electron chi connectivity index (χ4n) is 2.62. The summed E-state index contributed by atoms with van der Waals surface area (Å²) in [6, 6.07) is 9.75. The molecule has 2 aromatic rings. The van der Waals surface area contributed by atoms with Crippen molar-refractivity contribution in [2.75, 3.05) is 13.2 Å². The van der Waals surface area contributed by atoms with E-state index in [0.717, 1.165) is 35.9 Å². The van der Waals surface area contributed by atoms with Crippen molar-refractivity contribution in [3.63, 3.8) is 0 Å². The second-order valence-electron chi connectivity index (χ2n) is 5.30. The number of nitrogens with zero attached hydrogens (tertiary/aromatic N) is 1. The smallest absolute Gasteiger partial charge is 0.262 e. The van der Waals surface area contributed by atoms with Gasteiger partial charge in [0.2, 0.25) is 0 Å². The van der Waals surface area contributed by atoms with E-state index in [2.05, 4.69) is 10.3 Å². The number of benzene rings is 1. The Labute approximate surface area is 128 Å². The van der Waals surface area contributed by atoms with Gasteiger partial charge in [0.1, 0.15) is 11.6 Å².